The van der Waals surface area contributed by atoms with Crippen molar-refractivity contribution < 1.29 is 32.9 Å². The van der Waals surface area contributed by atoms with E-state index in [-0.39, 0.29) is 29.4 Å². The molecule has 3 aliphatic rings. The Morgan fingerprint density at radius 3 is 2.74 bits per heavy atom. The minimum atomic E-state index is -4.29. The van der Waals surface area contributed by atoms with Crippen LogP contribution in [-0.4, -0.2) is 74.9 Å². The number of aliphatic hydroxyl groups excluding tert-OH is 1. The van der Waals surface area contributed by atoms with Gasteiger partial charge < -0.3 is 24.6 Å². The minimum Gasteiger partial charge on any atom is -0.490 e. The van der Waals surface area contributed by atoms with E-state index in [0.29, 0.717) is 49.0 Å². The van der Waals surface area contributed by atoms with Crippen LogP contribution in [-0.2, 0) is 37.2 Å². The maximum absolute atomic E-state index is 13.3. The Morgan fingerprint density at radius 1 is 1.30 bits per heavy atom. The summed E-state index contributed by atoms with van der Waals surface area (Å²) in [4.78, 5) is 15.5. The van der Waals surface area contributed by atoms with Crippen molar-refractivity contribution in [3.63, 3.8) is 0 Å². The molecule has 1 heterocycles. The van der Waals surface area contributed by atoms with Gasteiger partial charge in [0.05, 0.1) is 32.1 Å². The second-order valence-electron chi connectivity index (χ2n) is 13.2. The molecule has 5 atom stereocenters. The fourth-order valence-corrected chi connectivity index (χ4v) is 8.45. The molecule has 0 amide bonds. The van der Waals surface area contributed by atoms with Gasteiger partial charge in [-0.1, -0.05) is 35.9 Å². The maximum Gasteiger partial charge on any atom is 0.343 e. The molecule has 1 fully saturated rings. The van der Waals surface area contributed by atoms with Gasteiger partial charge in [0, 0.05) is 30.1 Å². The third-order valence-corrected chi connectivity index (χ3v) is 11.5. The van der Waals surface area contributed by atoms with Gasteiger partial charge in [0.1, 0.15) is 5.75 Å². The minimum absolute atomic E-state index is 0.0228. The largest absolute Gasteiger partial charge is 0.490 e. The van der Waals surface area contributed by atoms with E-state index in [1.165, 1.54) is 11.1 Å². The average Bonchev–Trinajstić information content (AvgIpc) is 3.18. The molecule has 0 radical (unpaired) electrons. The molecule has 5 rings (SSSR count). The Kier molecular flexibility index (Phi) is 10.7. The Bertz CT molecular complexity index is 1600. The number of ether oxygens (including phenoxy) is 2. The number of anilines is 1. The number of hydrogen-bond donors (Lipinski definition) is 3. The number of aliphatic hydroxyl groups is 2. The zero-order valence-corrected chi connectivity index (χ0v) is 28.5. The number of allylic oxidation sites excluding steroid dienone is 1. The fourth-order valence-electron chi connectivity index (χ4n) is 7.51. The smallest absolute Gasteiger partial charge is 0.343 e. The van der Waals surface area contributed by atoms with Crippen LogP contribution in [0.2, 0.25) is 5.02 Å². The number of carbonyl (C=O) groups excluding carboxylic acids is 1. The van der Waals surface area contributed by atoms with Gasteiger partial charge in [-0.15, -0.1) is 13.2 Å². The number of unbranched alkanes of at least 4 members (excludes halogenated alkanes) is 1. The van der Waals surface area contributed by atoms with Gasteiger partial charge in [-0.2, -0.15) is 12.7 Å². The summed E-state index contributed by atoms with van der Waals surface area (Å²) >= 11 is 6.40. The van der Waals surface area contributed by atoms with Crippen LogP contribution in [0.25, 0.3) is 0 Å². The summed E-state index contributed by atoms with van der Waals surface area (Å²) in [5, 5.41) is 28.9. The maximum atomic E-state index is 13.3. The summed E-state index contributed by atoms with van der Waals surface area (Å²) in [7, 11) is -3.14. The number of nitrogens with zero attached hydrogens (tertiary/aromatic N) is 2. The van der Waals surface area contributed by atoms with E-state index in [9.17, 15) is 23.4 Å². The number of methoxy groups -OCH3 is 1. The van der Waals surface area contributed by atoms with Crippen LogP contribution in [0.3, 0.4) is 0 Å². The van der Waals surface area contributed by atoms with Crippen molar-refractivity contribution >= 4 is 33.5 Å². The first-order valence-electron chi connectivity index (χ1n) is 16.2. The second kappa shape index (κ2) is 14.3. The van der Waals surface area contributed by atoms with Gasteiger partial charge in [0.2, 0.25) is 5.60 Å². The molecule has 1 saturated carbocycles. The van der Waals surface area contributed by atoms with Crippen LogP contribution in [0.1, 0.15) is 55.2 Å². The van der Waals surface area contributed by atoms with Crippen LogP contribution in [0.15, 0.2) is 61.7 Å². The third-order valence-electron chi connectivity index (χ3n) is 10.2. The molecule has 10 nitrogen and oxygen atoms in total. The first-order chi connectivity index (χ1) is 22.3. The molecule has 2 aromatic rings. The molecule has 0 aromatic heterocycles. The van der Waals surface area contributed by atoms with Gasteiger partial charge in [0.25, 0.3) is 10.2 Å². The number of fused-ring (bicyclic) bond motifs is 3. The number of esters is 1. The second-order valence-corrected chi connectivity index (χ2v) is 15.2. The highest BCUT2D eigenvalue weighted by Gasteiger charge is 2.47. The Hall–Kier alpha value is -2.93. The SMILES string of the molecule is C=CCCCN(CC(O)(C(=O)OC)c1ccc2c(c1)N(C[C@@H]1CC[C@H]1C(O)C=C)C[C@@]1(CCCc3cc(Cl)ccc31)CO2)S(N)(=O)=O. The lowest BCUT2D eigenvalue weighted by atomic mass is 9.68. The molecule has 256 valence electrons. The highest BCUT2D eigenvalue weighted by Crippen LogP contribution is 2.47. The summed E-state index contributed by atoms with van der Waals surface area (Å²) in [6, 6.07) is 11.0. The summed E-state index contributed by atoms with van der Waals surface area (Å²) in [5.74, 6) is -0.209. The first kappa shape index (κ1) is 35.4. The van der Waals surface area contributed by atoms with E-state index in [0.717, 1.165) is 43.5 Å². The highest BCUT2D eigenvalue weighted by molar-refractivity contribution is 7.86. The van der Waals surface area contributed by atoms with E-state index >= 15 is 0 Å². The molecule has 1 spiro atoms. The van der Waals surface area contributed by atoms with Crippen LogP contribution in [0.5, 0.6) is 5.75 Å². The van der Waals surface area contributed by atoms with E-state index in [1.54, 1.807) is 30.4 Å². The van der Waals surface area contributed by atoms with E-state index in [2.05, 4.69) is 24.1 Å². The molecule has 0 saturated heterocycles. The summed E-state index contributed by atoms with van der Waals surface area (Å²) in [6.45, 7) is 8.42. The van der Waals surface area contributed by atoms with E-state index in [4.69, 9.17) is 26.2 Å². The van der Waals surface area contributed by atoms with E-state index < -0.39 is 34.4 Å². The van der Waals surface area contributed by atoms with Crippen LogP contribution >= 0.6 is 11.6 Å². The molecule has 12 heteroatoms. The molecule has 2 aliphatic carbocycles. The number of aryl methyl sites for hydroxylation is 1. The van der Waals surface area contributed by atoms with Gasteiger partial charge in [0.15, 0.2) is 0 Å². The van der Waals surface area contributed by atoms with Gasteiger partial charge in [-0.05, 0) is 97.7 Å². The number of rotatable bonds is 13. The summed E-state index contributed by atoms with van der Waals surface area (Å²) < 4.78 is 37.7. The average molecular weight is 688 g/mol. The number of halogens is 1. The van der Waals surface area contributed by atoms with Crippen molar-refractivity contribution in [1.29, 1.82) is 0 Å². The predicted molar refractivity (Wildman–Crippen MR) is 183 cm³/mol. The summed E-state index contributed by atoms with van der Waals surface area (Å²) in [6.07, 6.45) is 8.13. The van der Waals surface area contributed by atoms with Crippen molar-refractivity contribution in [2.75, 3.05) is 44.8 Å². The van der Waals surface area contributed by atoms with Crippen molar-refractivity contribution in [2.24, 2.45) is 17.0 Å². The van der Waals surface area contributed by atoms with Crippen molar-refractivity contribution in [1.82, 2.24) is 4.31 Å². The molecule has 2 aromatic carbocycles. The molecule has 1 aliphatic heterocycles. The molecule has 0 bridgehead atoms. The molecular formula is C35H46ClN3O7S. The molecular weight excluding hydrogens is 642 g/mol. The van der Waals surface area contributed by atoms with Gasteiger partial charge >= 0.3 is 5.97 Å². The number of hydrogen-bond acceptors (Lipinski definition) is 8. The molecule has 47 heavy (non-hydrogen) atoms. The van der Waals surface area contributed by atoms with Crippen molar-refractivity contribution in [2.45, 2.75) is 62.1 Å². The van der Waals surface area contributed by atoms with Crippen molar-refractivity contribution in [3.8, 4) is 5.75 Å². The number of benzene rings is 2. The third kappa shape index (κ3) is 7.25. The molecule has 2 unspecified atom stereocenters. The van der Waals surface area contributed by atoms with Crippen molar-refractivity contribution in [3.05, 3.63) is 83.4 Å². The first-order valence-corrected chi connectivity index (χ1v) is 18.0. The quantitative estimate of drug-likeness (QED) is 0.162. The van der Waals surface area contributed by atoms with Crippen LogP contribution in [0, 0.1) is 11.8 Å². The predicted octanol–water partition coefficient (Wildman–Crippen LogP) is 4.22. The lowest BCUT2D eigenvalue weighted by molar-refractivity contribution is -0.164. The van der Waals surface area contributed by atoms with Crippen LogP contribution in [0.4, 0.5) is 5.69 Å². The summed E-state index contributed by atoms with van der Waals surface area (Å²) in [5.41, 5.74) is 0.472. The lowest BCUT2D eigenvalue weighted by Gasteiger charge is -2.45. The van der Waals surface area contributed by atoms with Crippen LogP contribution < -0.4 is 14.8 Å². The fraction of sp³-hybridized carbons (Fsp3) is 0.514. The normalized spacial score (nSPS) is 24.2. The number of nitrogens with two attached hydrogens (primary N) is 1. The lowest BCUT2D eigenvalue weighted by Crippen LogP contribution is -2.51. The standard InChI is InChI=1S/C35H46ClN3O7S/c1-4-6-7-17-39(47(37,43)44)22-35(42,33(41)45-3)26-11-15-32-30(19-26)38(20-25-10-13-28(25)31(40)5-2)21-34(23-46-32)16-8-9-24-18-27(36)12-14-29(24)34/h4-5,11-12,14-15,18-19,25,28,31,40,42H,1-2,6-10,13,16-17,20-23H2,3H3,(H2,37,43,44)/t25-,28+,31?,34-,35?/m0/s1. The number of carbonyl (C=O) groups is 1. The van der Waals surface area contributed by atoms with Gasteiger partial charge in [-0.25, -0.2) is 9.93 Å². The Balaban J connectivity index is 1.58. The topological polar surface area (TPSA) is 143 Å². The van der Waals surface area contributed by atoms with Gasteiger partial charge in [-0.3, -0.25) is 0 Å². The monoisotopic (exact) mass is 687 g/mol. The highest BCUT2D eigenvalue weighted by atomic mass is 35.5. The van der Waals surface area contributed by atoms with E-state index in [1.807, 2.05) is 12.1 Å². The zero-order valence-electron chi connectivity index (χ0n) is 26.9. The Labute approximate surface area is 283 Å². The Morgan fingerprint density at radius 2 is 2.09 bits per heavy atom. The zero-order chi connectivity index (χ0) is 34.0. The molecule has 4 N–H and O–H groups in total.